The van der Waals surface area contributed by atoms with Crippen LogP contribution in [0, 0.1) is 69.8 Å². The molecule has 42 heavy (non-hydrogen) atoms. The van der Waals surface area contributed by atoms with Crippen molar-refractivity contribution in [3.8, 4) is 0 Å². The number of hydrogen-bond acceptors (Lipinski definition) is 6. The summed E-state index contributed by atoms with van der Waals surface area (Å²) in [6.45, 7) is 0. The van der Waals surface area contributed by atoms with Crippen molar-refractivity contribution in [3.05, 3.63) is 69.8 Å². The number of benzene rings is 4. The molecule has 4 aromatic carbocycles. The van der Waals surface area contributed by atoms with E-state index in [-0.39, 0.29) is 0 Å². The smallest absolute Gasteiger partial charge is 0.199 e. The van der Waals surface area contributed by atoms with Crippen molar-refractivity contribution in [2.45, 2.75) is 0 Å². The van der Waals surface area contributed by atoms with Gasteiger partial charge < -0.3 is 0 Å². The van der Waals surface area contributed by atoms with Crippen LogP contribution in [0.2, 0.25) is 0 Å². The summed E-state index contributed by atoms with van der Waals surface area (Å²) in [5.74, 6) is -26.5. The first-order valence-corrected chi connectivity index (χ1v) is 11.0. The molecule has 0 spiro atoms. The van der Waals surface area contributed by atoms with Crippen LogP contribution in [0.4, 0.5) is 52.7 Å². The molecule has 0 aliphatic rings. The van der Waals surface area contributed by atoms with Crippen LogP contribution in [-0.2, 0) is 0 Å². The van der Waals surface area contributed by atoms with E-state index in [4.69, 9.17) is 0 Å². The molecular weight excluding hydrogens is 600 g/mol. The van der Waals surface area contributed by atoms with E-state index in [1.165, 1.54) is 0 Å². The zero-order valence-electron chi connectivity index (χ0n) is 19.2. The van der Waals surface area contributed by atoms with Crippen molar-refractivity contribution < 1.29 is 52.7 Å². The molecule has 3 heterocycles. The first-order chi connectivity index (χ1) is 19.8. The zero-order valence-corrected chi connectivity index (χ0v) is 19.2. The second kappa shape index (κ2) is 8.20. The lowest BCUT2D eigenvalue weighted by atomic mass is 10.1. The van der Waals surface area contributed by atoms with Crippen LogP contribution in [0.1, 0.15) is 0 Å². The molecule has 0 saturated heterocycles. The van der Waals surface area contributed by atoms with Crippen molar-refractivity contribution >= 4 is 66.2 Å². The van der Waals surface area contributed by atoms with Crippen LogP contribution in [0.3, 0.4) is 0 Å². The first-order valence-electron chi connectivity index (χ1n) is 11.0. The van der Waals surface area contributed by atoms with Crippen LogP contribution in [0.5, 0.6) is 0 Å². The Bertz CT molecular complexity index is 1980. The Kier molecular flexibility index (Phi) is 5.03. The highest BCUT2D eigenvalue weighted by atomic mass is 19.2. The summed E-state index contributed by atoms with van der Waals surface area (Å²) >= 11 is 0. The maximum atomic E-state index is 14.6. The molecule has 3 aromatic heterocycles. The van der Waals surface area contributed by atoms with Gasteiger partial charge in [-0.05, 0) is 0 Å². The third-order valence-electron chi connectivity index (χ3n) is 6.34. The lowest BCUT2D eigenvalue weighted by Crippen LogP contribution is -2.07. The van der Waals surface area contributed by atoms with Gasteiger partial charge in [0, 0.05) is 0 Å². The molecule has 7 rings (SSSR count). The van der Waals surface area contributed by atoms with Gasteiger partial charge >= 0.3 is 0 Å². The molecule has 0 fully saturated rings. The predicted molar refractivity (Wildman–Crippen MR) is 118 cm³/mol. The molecule has 0 atom stereocenters. The Balaban J connectivity index is 1.84. The molecule has 0 aliphatic carbocycles. The minimum Gasteiger partial charge on any atom is -0.239 e. The van der Waals surface area contributed by atoms with Gasteiger partial charge in [0.05, 0.1) is 0 Å². The Morgan fingerprint density at radius 2 is 0.286 bits per heavy atom. The highest BCUT2D eigenvalue weighted by Crippen LogP contribution is 2.37. The van der Waals surface area contributed by atoms with E-state index in [1.807, 2.05) is 0 Å². The van der Waals surface area contributed by atoms with E-state index in [1.54, 1.807) is 0 Å². The molecule has 6 nitrogen and oxygen atoms in total. The molecule has 0 bridgehead atoms. The normalized spacial score (nSPS) is 12.3. The van der Waals surface area contributed by atoms with E-state index >= 15 is 0 Å². The van der Waals surface area contributed by atoms with Gasteiger partial charge in [0.25, 0.3) is 0 Å². The maximum Gasteiger partial charge on any atom is 0.199 e. The Hall–Kier alpha value is -5.16. The topological polar surface area (TPSA) is 77.3 Å². The van der Waals surface area contributed by atoms with E-state index < -0.39 is 136 Å². The molecule has 0 aliphatic heterocycles. The van der Waals surface area contributed by atoms with Gasteiger partial charge in [-0.1, -0.05) is 0 Å². The van der Waals surface area contributed by atoms with Crippen LogP contribution < -0.4 is 0 Å². The van der Waals surface area contributed by atoms with Crippen molar-refractivity contribution in [2.75, 3.05) is 0 Å². The molecular formula is C24F12N6. The van der Waals surface area contributed by atoms with E-state index in [0.717, 1.165) is 0 Å². The van der Waals surface area contributed by atoms with Crippen LogP contribution in [-0.4, -0.2) is 29.9 Å². The maximum absolute atomic E-state index is 14.6. The molecule has 0 amide bonds. The largest absolute Gasteiger partial charge is 0.239 e. The summed E-state index contributed by atoms with van der Waals surface area (Å²) in [7, 11) is 0. The van der Waals surface area contributed by atoms with E-state index in [2.05, 4.69) is 29.9 Å². The Labute approximate surface area is 219 Å². The Morgan fingerprint density at radius 1 is 0.167 bits per heavy atom. The van der Waals surface area contributed by atoms with E-state index in [0.29, 0.717) is 0 Å². The summed E-state index contributed by atoms with van der Waals surface area (Å²) < 4.78 is 172. The summed E-state index contributed by atoms with van der Waals surface area (Å²) in [6, 6.07) is 0. The van der Waals surface area contributed by atoms with Crippen molar-refractivity contribution in [1.29, 1.82) is 0 Å². The monoisotopic (exact) mass is 600 g/mol. The third kappa shape index (κ3) is 3.03. The van der Waals surface area contributed by atoms with Gasteiger partial charge in [0.15, 0.2) is 69.8 Å². The lowest BCUT2D eigenvalue weighted by molar-refractivity contribution is 0.416. The minimum atomic E-state index is -2.33. The molecule has 7 aromatic rings. The van der Waals surface area contributed by atoms with Crippen molar-refractivity contribution in [3.63, 3.8) is 0 Å². The summed E-state index contributed by atoms with van der Waals surface area (Å²) in [5, 5.41) is 0. The van der Waals surface area contributed by atoms with Crippen molar-refractivity contribution in [1.82, 2.24) is 29.9 Å². The highest BCUT2D eigenvalue weighted by Gasteiger charge is 2.30. The fourth-order valence-electron chi connectivity index (χ4n) is 4.42. The van der Waals surface area contributed by atoms with Gasteiger partial charge in [-0.2, -0.15) is 0 Å². The van der Waals surface area contributed by atoms with Gasteiger partial charge in [0.1, 0.15) is 66.2 Å². The summed E-state index contributed by atoms with van der Waals surface area (Å²) in [6.07, 6.45) is 0. The zero-order chi connectivity index (χ0) is 30.1. The number of aromatic nitrogens is 6. The minimum absolute atomic E-state index is 0.856. The molecule has 0 unspecified atom stereocenters. The summed E-state index contributed by atoms with van der Waals surface area (Å²) in [5.41, 5.74) is -12.9. The molecule has 0 saturated carbocycles. The van der Waals surface area contributed by atoms with Gasteiger partial charge in [-0.3, -0.25) is 0 Å². The van der Waals surface area contributed by atoms with Crippen LogP contribution in [0.15, 0.2) is 0 Å². The fraction of sp³-hybridized carbons (Fsp3) is 0. The third-order valence-corrected chi connectivity index (χ3v) is 6.34. The number of fused-ring (bicyclic) bond motifs is 9. The van der Waals surface area contributed by atoms with Crippen LogP contribution in [0.25, 0.3) is 66.2 Å². The molecule has 18 heteroatoms. The van der Waals surface area contributed by atoms with E-state index in [9.17, 15) is 52.7 Å². The molecule has 0 radical (unpaired) electrons. The Morgan fingerprint density at radius 3 is 0.405 bits per heavy atom. The van der Waals surface area contributed by atoms with Gasteiger partial charge in [-0.15, -0.1) is 0 Å². The summed E-state index contributed by atoms with van der Waals surface area (Å²) in [4.78, 5) is 21.8. The first kappa shape index (κ1) is 25.8. The lowest BCUT2D eigenvalue weighted by Gasteiger charge is -2.12. The quantitative estimate of drug-likeness (QED) is 0.0639. The number of nitrogens with zero attached hydrogens (tertiary/aromatic N) is 6. The SMILES string of the molecule is Fc1c(F)c(F)c2nc3c(nc2c1F)c1nc2c(F)c(F)c(F)c(F)c2nc1c1nc2c(F)c(F)c(F)c(F)c2nc31. The number of hydrogen-bond donors (Lipinski definition) is 0. The predicted octanol–water partition coefficient (Wildman–Crippen LogP) is 6.64. The second-order valence-electron chi connectivity index (χ2n) is 8.62. The van der Waals surface area contributed by atoms with Gasteiger partial charge in [0.2, 0.25) is 0 Å². The van der Waals surface area contributed by atoms with Crippen LogP contribution >= 0.6 is 0 Å². The van der Waals surface area contributed by atoms with Gasteiger partial charge in [-0.25, -0.2) is 82.6 Å². The highest BCUT2D eigenvalue weighted by molar-refractivity contribution is 6.21. The number of halogens is 12. The second-order valence-corrected chi connectivity index (χ2v) is 8.62. The molecule has 210 valence electrons. The average molecular weight is 600 g/mol. The standard InChI is InChI=1S/C24F12N6/c25-1-2(26)8(32)14-13(7(1)31)37-19-20(38-14)22-24(42-18-12(36)6(30)5(29)11(35)17(18)40-22)23-21(19)39-15-9(33)3(27)4(28)10(34)16(15)41-23. The average Bonchev–Trinajstić information content (AvgIpc) is 3.00. The molecule has 0 N–H and O–H groups in total. The number of rotatable bonds is 0. The fourth-order valence-corrected chi connectivity index (χ4v) is 4.42. The van der Waals surface area contributed by atoms with Crippen molar-refractivity contribution in [2.24, 2.45) is 0 Å².